The van der Waals surface area contributed by atoms with E-state index in [1.807, 2.05) is 4.90 Å². The molecule has 1 aliphatic carbocycles. The highest BCUT2D eigenvalue weighted by Crippen LogP contribution is 2.26. The first-order valence-corrected chi connectivity index (χ1v) is 10.5. The van der Waals surface area contributed by atoms with Crippen molar-refractivity contribution in [3.05, 3.63) is 29.6 Å². The number of halogens is 1. The third-order valence-corrected chi connectivity index (χ3v) is 5.98. The number of carbonyl (C=O) groups excluding carboxylic acids is 2. The first kappa shape index (κ1) is 20.6. The minimum atomic E-state index is -0.407. The molecule has 5 nitrogen and oxygen atoms in total. The molecule has 0 unspecified atom stereocenters. The van der Waals surface area contributed by atoms with Gasteiger partial charge in [-0.05, 0) is 49.8 Å². The van der Waals surface area contributed by atoms with Crippen LogP contribution in [0.2, 0.25) is 0 Å². The molecule has 0 bridgehead atoms. The van der Waals surface area contributed by atoms with Crippen molar-refractivity contribution in [3.8, 4) is 5.75 Å². The van der Waals surface area contributed by atoms with E-state index in [4.69, 9.17) is 4.74 Å². The van der Waals surface area contributed by atoms with Gasteiger partial charge in [-0.1, -0.05) is 25.3 Å². The maximum Gasteiger partial charge on any atom is 0.225 e. The zero-order valence-electron chi connectivity index (χ0n) is 16.7. The van der Waals surface area contributed by atoms with Crippen molar-refractivity contribution in [1.29, 1.82) is 0 Å². The van der Waals surface area contributed by atoms with Gasteiger partial charge in [0.15, 0.2) is 11.6 Å². The topological polar surface area (TPSA) is 58.6 Å². The lowest BCUT2D eigenvalue weighted by atomic mass is 9.87. The standard InChI is InChI=1S/C22H31FN2O3/c1-28-20-9-7-16(15-19(20)23)8-10-21(26)24-18-11-13-25(14-12-18)22(27)17-5-3-2-4-6-17/h7,9,15,17-18H,2-6,8,10-14H2,1H3,(H,24,26). The van der Waals surface area contributed by atoms with E-state index in [0.29, 0.717) is 18.7 Å². The molecule has 6 heteroatoms. The zero-order chi connectivity index (χ0) is 19.9. The Hall–Kier alpha value is -2.11. The number of hydrogen-bond acceptors (Lipinski definition) is 3. The van der Waals surface area contributed by atoms with Crippen molar-refractivity contribution in [2.75, 3.05) is 20.2 Å². The molecule has 0 spiro atoms. The number of piperidine rings is 1. The number of nitrogens with zero attached hydrogens (tertiary/aromatic N) is 1. The predicted molar refractivity (Wildman–Crippen MR) is 106 cm³/mol. The van der Waals surface area contributed by atoms with Gasteiger partial charge in [0.1, 0.15) is 0 Å². The van der Waals surface area contributed by atoms with Crippen LogP contribution in [0.1, 0.15) is 56.9 Å². The highest BCUT2D eigenvalue weighted by molar-refractivity contribution is 5.79. The van der Waals surface area contributed by atoms with Crippen LogP contribution in [0.3, 0.4) is 0 Å². The van der Waals surface area contributed by atoms with E-state index in [2.05, 4.69) is 5.32 Å². The molecular formula is C22H31FN2O3. The lowest BCUT2D eigenvalue weighted by molar-refractivity contribution is -0.137. The number of likely N-dealkylation sites (tertiary alicyclic amines) is 1. The van der Waals surface area contributed by atoms with Crippen LogP contribution < -0.4 is 10.1 Å². The maximum absolute atomic E-state index is 13.7. The van der Waals surface area contributed by atoms with Gasteiger partial charge in [-0.15, -0.1) is 0 Å². The van der Waals surface area contributed by atoms with Crippen molar-refractivity contribution in [3.63, 3.8) is 0 Å². The third-order valence-electron chi connectivity index (χ3n) is 5.98. The summed E-state index contributed by atoms with van der Waals surface area (Å²) in [4.78, 5) is 26.8. The van der Waals surface area contributed by atoms with E-state index in [9.17, 15) is 14.0 Å². The molecule has 1 saturated carbocycles. The monoisotopic (exact) mass is 390 g/mol. The summed E-state index contributed by atoms with van der Waals surface area (Å²) in [5, 5.41) is 3.07. The van der Waals surface area contributed by atoms with E-state index < -0.39 is 5.82 Å². The molecule has 1 heterocycles. The Balaban J connectivity index is 1.38. The second-order valence-electron chi connectivity index (χ2n) is 7.97. The van der Waals surface area contributed by atoms with E-state index in [-0.39, 0.29) is 23.6 Å². The molecular weight excluding hydrogens is 359 g/mol. The summed E-state index contributed by atoms with van der Waals surface area (Å²) in [5.74, 6) is 0.308. The summed E-state index contributed by atoms with van der Waals surface area (Å²) in [7, 11) is 1.43. The summed E-state index contributed by atoms with van der Waals surface area (Å²) >= 11 is 0. The van der Waals surface area contributed by atoms with Gasteiger partial charge in [0.2, 0.25) is 11.8 Å². The predicted octanol–water partition coefficient (Wildman–Crippen LogP) is 3.45. The third kappa shape index (κ3) is 5.46. The molecule has 2 fully saturated rings. The molecule has 0 atom stereocenters. The largest absolute Gasteiger partial charge is 0.494 e. The first-order valence-electron chi connectivity index (χ1n) is 10.5. The normalized spacial score (nSPS) is 18.7. The molecule has 1 aliphatic heterocycles. The Morgan fingerprint density at radius 3 is 2.50 bits per heavy atom. The Kier molecular flexibility index (Phi) is 7.29. The van der Waals surface area contributed by atoms with Crippen LogP contribution in [0, 0.1) is 11.7 Å². The lowest BCUT2D eigenvalue weighted by Gasteiger charge is -2.35. The SMILES string of the molecule is COc1ccc(CCC(=O)NC2CCN(C(=O)C3CCCCC3)CC2)cc1F. The molecule has 1 aromatic rings. The molecule has 3 rings (SSSR count). The van der Waals surface area contributed by atoms with Crippen LogP contribution in [-0.4, -0.2) is 43.0 Å². The minimum Gasteiger partial charge on any atom is -0.494 e. The fourth-order valence-corrected chi connectivity index (χ4v) is 4.28. The van der Waals surface area contributed by atoms with Crippen LogP contribution in [0.4, 0.5) is 4.39 Å². The molecule has 1 saturated heterocycles. The van der Waals surface area contributed by atoms with E-state index in [0.717, 1.165) is 44.3 Å². The molecule has 1 aromatic carbocycles. The fourth-order valence-electron chi connectivity index (χ4n) is 4.28. The number of hydrogen-bond donors (Lipinski definition) is 1. The number of ether oxygens (including phenoxy) is 1. The second-order valence-corrected chi connectivity index (χ2v) is 7.97. The number of nitrogens with one attached hydrogen (secondary N) is 1. The van der Waals surface area contributed by atoms with Crippen LogP contribution in [0.25, 0.3) is 0 Å². The zero-order valence-corrected chi connectivity index (χ0v) is 16.7. The second kappa shape index (κ2) is 9.89. The van der Waals surface area contributed by atoms with Gasteiger partial charge < -0.3 is 15.0 Å². The van der Waals surface area contributed by atoms with Crippen molar-refractivity contribution in [1.82, 2.24) is 10.2 Å². The Labute approximate surface area is 166 Å². The summed E-state index contributed by atoms with van der Waals surface area (Å²) in [6, 6.07) is 4.91. The number of carbonyl (C=O) groups is 2. The number of aryl methyl sites for hydroxylation is 1. The van der Waals surface area contributed by atoms with E-state index in [1.54, 1.807) is 12.1 Å². The Morgan fingerprint density at radius 2 is 1.86 bits per heavy atom. The van der Waals surface area contributed by atoms with Gasteiger partial charge in [0.05, 0.1) is 7.11 Å². The van der Waals surface area contributed by atoms with Crippen LogP contribution >= 0.6 is 0 Å². The van der Waals surface area contributed by atoms with Gasteiger partial charge >= 0.3 is 0 Å². The van der Waals surface area contributed by atoms with Crippen molar-refractivity contribution in [2.45, 2.75) is 63.8 Å². The van der Waals surface area contributed by atoms with Gasteiger partial charge in [-0.2, -0.15) is 0 Å². The lowest BCUT2D eigenvalue weighted by Crippen LogP contribution is -2.48. The van der Waals surface area contributed by atoms with Crippen molar-refractivity contribution in [2.24, 2.45) is 5.92 Å². The average Bonchev–Trinajstić information content (AvgIpc) is 2.73. The van der Waals surface area contributed by atoms with Crippen LogP contribution in [0.15, 0.2) is 18.2 Å². The van der Waals surface area contributed by atoms with Gasteiger partial charge in [0, 0.05) is 31.5 Å². The summed E-state index contributed by atoms with van der Waals surface area (Å²) in [6.07, 6.45) is 8.08. The maximum atomic E-state index is 13.7. The van der Waals surface area contributed by atoms with Gasteiger partial charge in [0.25, 0.3) is 0 Å². The molecule has 2 aliphatic rings. The van der Waals surface area contributed by atoms with Crippen molar-refractivity contribution >= 4 is 11.8 Å². The molecule has 154 valence electrons. The Bertz CT molecular complexity index is 680. The minimum absolute atomic E-state index is 0.0201. The van der Waals surface area contributed by atoms with Gasteiger partial charge in [-0.25, -0.2) is 4.39 Å². The summed E-state index contributed by atoms with van der Waals surface area (Å²) < 4.78 is 18.6. The van der Waals surface area contributed by atoms with Crippen LogP contribution in [0.5, 0.6) is 5.75 Å². The van der Waals surface area contributed by atoms with Crippen molar-refractivity contribution < 1.29 is 18.7 Å². The first-order chi connectivity index (χ1) is 13.6. The molecule has 0 aromatic heterocycles. The number of amides is 2. The molecule has 28 heavy (non-hydrogen) atoms. The van der Waals surface area contributed by atoms with Gasteiger partial charge in [-0.3, -0.25) is 9.59 Å². The fraction of sp³-hybridized carbons (Fsp3) is 0.636. The summed E-state index contributed by atoms with van der Waals surface area (Å²) in [6.45, 7) is 1.45. The molecule has 2 amide bonds. The van der Waals surface area contributed by atoms with Crippen LogP contribution in [-0.2, 0) is 16.0 Å². The summed E-state index contributed by atoms with van der Waals surface area (Å²) in [5.41, 5.74) is 0.779. The van der Waals surface area contributed by atoms with E-state index >= 15 is 0 Å². The van der Waals surface area contributed by atoms with E-state index in [1.165, 1.54) is 32.4 Å². The number of rotatable bonds is 6. The quantitative estimate of drug-likeness (QED) is 0.809. The number of methoxy groups -OCH3 is 1. The highest BCUT2D eigenvalue weighted by Gasteiger charge is 2.29. The smallest absolute Gasteiger partial charge is 0.225 e. The number of benzene rings is 1. The highest BCUT2D eigenvalue weighted by atomic mass is 19.1. The molecule has 1 N–H and O–H groups in total. The Morgan fingerprint density at radius 1 is 1.14 bits per heavy atom. The average molecular weight is 390 g/mol. The molecule has 0 radical (unpaired) electrons.